The Morgan fingerprint density at radius 1 is 1.00 bits per heavy atom. The number of rotatable bonds is 4. The zero-order chi connectivity index (χ0) is 18.8. The van der Waals surface area contributed by atoms with Gasteiger partial charge in [0.2, 0.25) is 0 Å². The molecule has 1 aromatic carbocycles. The summed E-state index contributed by atoms with van der Waals surface area (Å²) >= 11 is 0. The highest BCUT2D eigenvalue weighted by Crippen LogP contribution is 2.22. The molecule has 0 saturated carbocycles. The molecule has 0 radical (unpaired) electrons. The van der Waals surface area contributed by atoms with Gasteiger partial charge in [-0.15, -0.1) is 0 Å². The SMILES string of the molecule is CNc1ccc(C(=O)Nc2ccc(-c3cn4cc(C)ccc4n3)cc2)cn1. The summed E-state index contributed by atoms with van der Waals surface area (Å²) in [4.78, 5) is 21.1. The smallest absolute Gasteiger partial charge is 0.257 e. The topological polar surface area (TPSA) is 71.3 Å². The number of benzene rings is 1. The second kappa shape index (κ2) is 6.92. The van der Waals surface area contributed by atoms with Gasteiger partial charge in [0.25, 0.3) is 5.91 Å². The highest BCUT2D eigenvalue weighted by molar-refractivity contribution is 6.04. The molecule has 0 aliphatic heterocycles. The molecule has 6 heteroatoms. The molecule has 3 heterocycles. The summed E-state index contributed by atoms with van der Waals surface area (Å²) in [5, 5.41) is 5.81. The van der Waals surface area contributed by atoms with Crippen molar-refractivity contribution in [1.82, 2.24) is 14.4 Å². The maximum Gasteiger partial charge on any atom is 0.257 e. The lowest BCUT2D eigenvalue weighted by atomic mass is 10.1. The number of hydrogen-bond donors (Lipinski definition) is 2. The highest BCUT2D eigenvalue weighted by atomic mass is 16.1. The van der Waals surface area contributed by atoms with Crippen LogP contribution in [0, 0.1) is 6.92 Å². The lowest BCUT2D eigenvalue weighted by Crippen LogP contribution is -2.12. The van der Waals surface area contributed by atoms with Crippen molar-refractivity contribution in [3.8, 4) is 11.3 Å². The first-order valence-electron chi connectivity index (χ1n) is 8.63. The molecular formula is C21H19N5O. The van der Waals surface area contributed by atoms with E-state index in [9.17, 15) is 4.79 Å². The quantitative estimate of drug-likeness (QED) is 0.579. The number of nitrogens with zero attached hydrogens (tertiary/aromatic N) is 3. The van der Waals surface area contributed by atoms with Crippen LogP contribution in [0.15, 0.2) is 67.1 Å². The minimum Gasteiger partial charge on any atom is -0.373 e. The minimum absolute atomic E-state index is 0.193. The Kier molecular flexibility index (Phi) is 4.30. The van der Waals surface area contributed by atoms with E-state index >= 15 is 0 Å². The predicted molar refractivity (Wildman–Crippen MR) is 107 cm³/mol. The number of imidazole rings is 1. The van der Waals surface area contributed by atoms with Gasteiger partial charge in [0, 0.05) is 36.9 Å². The summed E-state index contributed by atoms with van der Waals surface area (Å²) < 4.78 is 2.02. The predicted octanol–water partition coefficient (Wildman–Crippen LogP) is 4.00. The Labute approximate surface area is 156 Å². The number of hydrogen-bond acceptors (Lipinski definition) is 4. The zero-order valence-corrected chi connectivity index (χ0v) is 15.1. The summed E-state index contributed by atoms with van der Waals surface area (Å²) in [6, 6.07) is 15.2. The fourth-order valence-electron chi connectivity index (χ4n) is 2.85. The van der Waals surface area contributed by atoms with Crippen LogP contribution in [0.2, 0.25) is 0 Å². The molecule has 27 heavy (non-hydrogen) atoms. The normalized spacial score (nSPS) is 10.7. The molecule has 0 atom stereocenters. The molecule has 4 aromatic rings. The van der Waals surface area contributed by atoms with Crippen molar-refractivity contribution >= 4 is 23.1 Å². The lowest BCUT2D eigenvalue weighted by Gasteiger charge is -2.06. The van der Waals surface area contributed by atoms with Crippen LogP contribution in [-0.2, 0) is 0 Å². The summed E-state index contributed by atoms with van der Waals surface area (Å²) in [5.41, 5.74) is 5.21. The molecule has 0 bridgehead atoms. The van der Waals surface area contributed by atoms with Gasteiger partial charge >= 0.3 is 0 Å². The third kappa shape index (κ3) is 3.50. The van der Waals surface area contributed by atoms with E-state index in [4.69, 9.17) is 0 Å². The van der Waals surface area contributed by atoms with Crippen LogP contribution in [0.25, 0.3) is 16.9 Å². The Hall–Kier alpha value is -3.67. The molecule has 0 saturated heterocycles. The van der Waals surface area contributed by atoms with Crippen LogP contribution < -0.4 is 10.6 Å². The second-order valence-electron chi connectivity index (χ2n) is 6.31. The molecule has 6 nitrogen and oxygen atoms in total. The first-order valence-corrected chi connectivity index (χ1v) is 8.63. The zero-order valence-electron chi connectivity index (χ0n) is 15.1. The van der Waals surface area contributed by atoms with Crippen molar-refractivity contribution in [3.63, 3.8) is 0 Å². The number of nitrogens with one attached hydrogen (secondary N) is 2. The van der Waals surface area contributed by atoms with Gasteiger partial charge in [-0.2, -0.15) is 0 Å². The average molecular weight is 357 g/mol. The highest BCUT2D eigenvalue weighted by Gasteiger charge is 2.08. The summed E-state index contributed by atoms with van der Waals surface area (Å²) in [6.45, 7) is 2.05. The van der Waals surface area contributed by atoms with Gasteiger partial charge in [-0.1, -0.05) is 18.2 Å². The van der Waals surface area contributed by atoms with Gasteiger partial charge in [0.1, 0.15) is 11.5 Å². The van der Waals surface area contributed by atoms with E-state index in [0.717, 1.165) is 28.4 Å². The molecule has 134 valence electrons. The fraction of sp³-hybridized carbons (Fsp3) is 0.0952. The first-order chi connectivity index (χ1) is 13.1. The van der Waals surface area contributed by atoms with E-state index in [-0.39, 0.29) is 5.91 Å². The summed E-state index contributed by atoms with van der Waals surface area (Å²) in [6.07, 6.45) is 5.60. The van der Waals surface area contributed by atoms with Crippen LogP contribution in [0.3, 0.4) is 0 Å². The average Bonchev–Trinajstić information content (AvgIpc) is 3.11. The number of pyridine rings is 2. The Morgan fingerprint density at radius 2 is 1.81 bits per heavy atom. The van der Waals surface area contributed by atoms with Crippen LogP contribution in [0.5, 0.6) is 0 Å². The van der Waals surface area contributed by atoms with Gasteiger partial charge < -0.3 is 15.0 Å². The lowest BCUT2D eigenvalue weighted by molar-refractivity contribution is 0.102. The van der Waals surface area contributed by atoms with Crippen molar-refractivity contribution < 1.29 is 4.79 Å². The first kappa shape index (κ1) is 16.8. The Balaban J connectivity index is 1.51. The number of anilines is 2. The number of fused-ring (bicyclic) bond motifs is 1. The van der Waals surface area contributed by atoms with Crippen molar-refractivity contribution in [2.24, 2.45) is 0 Å². The number of aryl methyl sites for hydroxylation is 1. The number of carbonyl (C=O) groups excluding carboxylic acids is 1. The molecule has 0 aliphatic carbocycles. The number of aromatic nitrogens is 3. The number of carbonyl (C=O) groups is 1. The molecule has 0 fully saturated rings. The van der Waals surface area contributed by atoms with Crippen LogP contribution in [0.4, 0.5) is 11.5 Å². The Bertz CT molecular complexity index is 1100. The van der Waals surface area contributed by atoms with E-state index in [1.165, 1.54) is 5.56 Å². The van der Waals surface area contributed by atoms with E-state index in [1.807, 2.05) is 53.2 Å². The van der Waals surface area contributed by atoms with E-state index in [2.05, 4.69) is 27.5 Å². The van der Waals surface area contributed by atoms with E-state index < -0.39 is 0 Å². The van der Waals surface area contributed by atoms with Crippen molar-refractivity contribution in [1.29, 1.82) is 0 Å². The summed E-state index contributed by atoms with van der Waals surface area (Å²) in [5.74, 6) is 0.527. The van der Waals surface area contributed by atoms with Gasteiger partial charge in [0.15, 0.2) is 0 Å². The van der Waals surface area contributed by atoms with Crippen LogP contribution >= 0.6 is 0 Å². The molecule has 0 spiro atoms. The third-order valence-electron chi connectivity index (χ3n) is 4.32. The molecule has 2 N–H and O–H groups in total. The molecule has 0 unspecified atom stereocenters. The summed E-state index contributed by atoms with van der Waals surface area (Å²) in [7, 11) is 1.79. The van der Waals surface area contributed by atoms with E-state index in [0.29, 0.717) is 5.56 Å². The fourth-order valence-corrected chi connectivity index (χ4v) is 2.85. The molecular weight excluding hydrogens is 338 g/mol. The molecule has 3 aromatic heterocycles. The van der Waals surface area contributed by atoms with Crippen molar-refractivity contribution in [3.05, 3.63) is 78.2 Å². The minimum atomic E-state index is -0.193. The third-order valence-corrected chi connectivity index (χ3v) is 4.32. The van der Waals surface area contributed by atoms with Gasteiger partial charge in [-0.25, -0.2) is 9.97 Å². The maximum absolute atomic E-state index is 12.3. The van der Waals surface area contributed by atoms with Gasteiger partial charge in [-0.3, -0.25) is 4.79 Å². The number of amides is 1. The molecule has 4 rings (SSSR count). The monoisotopic (exact) mass is 357 g/mol. The standard InChI is InChI=1S/C21H19N5O/c1-14-3-10-20-25-18(13-26(20)12-14)15-4-7-17(8-5-15)24-21(27)16-6-9-19(22-2)23-11-16/h3-13H,1-2H3,(H,22,23)(H,24,27). The second-order valence-corrected chi connectivity index (χ2v) is 6.31. The maximum atomic E-state index is 12.3. The van der Waals surface area contributed by atoms with E-state index in [1.54, 1.807) is 25.4 Å². The largest absolute Gasteiger partial charge is 0.373 e. The molecule has 0 aliphatic rings. The molecule has 1 amide bonds. The van der Waals surface area contributed by atoms with Gasteiger partial charge in [-0.05, 0) is 42.8 Å². The van der Waals surface area contributed by atoms with Crippen molar-refractivity contribution in [2.75, 3.05) is 17.7 Å². The van der Waals surface area contributed by atoms with Crippen molar-refractivity contribution in [2.45, 2.75) is 6.92 Å². The van der Waals surface area contributed by atoms with Crippen LogP contribution in [0.1, 0.15) is 15.9 Å². The van der Waals surface area contributed by atoms with Gasteiger partial charge in [0.05, 0.1) is 11.3 Å². The Morgan fingerprint density at radius 3 is 2.52 bits per heavy atom. The van der Waals surface area contributed by atoms with Crippen LogP contribution in [-0.4, -0.2) is 27.3 Å².